The Morgan fingerprint density at radius 3 is 3.00 bits per heavy atom. The number of thioether (sulfide) groups is 1. The number of anilines is 1. The van der Waals surface area contributed by atoms with Crippen LogP contribution in [0.1, 0.15) is 11.5 Å². The van der Waals surface area contributed by atoms with Gasteiger partial charge in [0, 0.05) is 5.56 Å². The van der Waals surface area contributed by atoms with Crippen molar-refractivity contribution in [2.24, 2.45) is 0 Å². The number of rotatable bonds is 4. The maximum Gasteiger partial charge on any atom is 0.237 e. The minimum absolute atomic E-state index is 0.333. The number of nitrogens with zero attached hydrogens (tertiary/aromatic N) is 4. The van der Waals surface area contributed by atoms with Crippen LogP contribution in [0, 0.1) is 12.7 Å². The van der Waals surface area contributed by atoms with Crippen molar-refractivity contribution in [1.29, 1.82) is 0 Å². The largest absolute Gasteiger partial charge is 0.374 e. The molecule has 0 atom stereocenters. The lowest BCUT2D eigenvalue weighted by atomic mass is 10.1. The average molecular weight is 323 g/mol. The van der Waals surface area contributed by atoms with E-state index in [0.717, 1.165) is 9.90 Å². The molecular formula is C12H10FN5OS2. The van der Waals surface area contributed by atoms with E-state index in [0.29, 0.717) is 28.2 Å². The molecule has 3 rings (SSSR count). The van der Waals surface area contributed by atoms with Crippen molar-refractivity contribution in [2.45, 2.75) is 17.0 Å². The lowest BCUT2D eigenvalue weighted by molar-refractivity contribution is 0.391. The lowest BCUT2D eigenvalue weighted by Gasteiger charge is -1.99. The quantitative estimate of drug-likeness (QED) is 0.738. The maximum atomic E-state index is 13.3. The van der Waals surface area contributed by atoms with Crippen LogP contribution in [0.5, 0.6) is 0 Å². The fourth-order valence-corrected chi connectivity index (χ4v) is 3.13. The molecule has 0 saturated carbocycles. The summed E-state index contributed by atoms with van der Waals surface area (Å²) in [6.45, 7) is 1.86. The molecule has 2 aromatic heterocycles. The summed E-state index contributed by atoms with van der Waals surface area (Å²) in [5.41, 5.74) is 7.01. The van der Waals surface area contributed by atoms with E-state index in [-0.39, 0.29) is 5.82 Å². The van der Waals surface area contributed by atoms with Gasteiger partial charge in [-0.25, -0.2) is 4.39 Å². The Morgan fingerprint density at radius 1 is 1.38 bits per heavy atom. The molecule has 0 aliphatic rings. The molecule has 1 aromatic carbocycles. The molecule has 0 unspecified atom stereocenters. The van der Waals surface area contributed by atoms with Crippen LogP contribution >= 0.6 is 23.1 Å². The number of nitrogens with two attached hydrogens (primary N) is 1. The van der Waals surface area contributed by atoms with Gasteiger partial charge >= 0.3 is 0 Å². The Hall–Kier alpha value is -2.00. The van der Waals surface area contributed by atoms with Crippen LogP contribution in [0.3, 0.4) is 0 Å². The van der Waals surface area contributed by atoms with Gasteiger partial charge in [0.1, 0.15) is 5.82 Å². The molecule has 9 heteroatoms. The van der Waals surface area contributed by atoms with Crippen molar-refractivity contribution in [1.82, 2.24) is 20.3 Å². The highest BCUT2D eigenvalue weighted by Crippen LogP contribution is 2.27. The van der Waals surface area contributed by atoms with E-state index >= 15 is 0 Å². The minimum Gasteiger partial charge on any atom is -0.374 e. The van der Waals surface area contributed by atoms with Crippen molar-refractivity contribution >= 4 is 28.2 Å². The second kappa shape index (κ2) is 5.78. The average Bonchev–Trinajstić information content (AvgIpc) is 3.08. The molecule has 0 radical (unpaired) electrons. The molecule has 0 aliphatic heterocycles. The monoisotopic (exact) mass is 323 g/mol. The predicted molar refractivity (Wildman–Crippen MR) is 78.3 cm³/mol. The van der Waals surface area contributed by atoms with Gasteiger partial charge in [-0.3, -0.25) is 0 Å². The van der Waals surface area contributed by atoms with Gasteiger partial charge in [-0.05, 0) is 24.6 Å². The van der Waals surface area contributed by atoms with Crippen molar-refractivity contribution in [2.75, 3.05) is 5.73 Å². The van der Waals surface area contributed by atoms with Gasteiger partial charge in [0.05, 0.1) is 5.75 Å². The van der Waals surface area contributed by atoms with Crippen molar-refractivity contribution in [3.05, 3.63) is 35.5 Å². The fraction of sp³-hybridized carbons (Fsp3) is 0.167. The first kappa shape index (κ1) is 14.0. The number of hydrogen-bond acceptors (Lipinski definition) is 8. The van der Waals surface area contributed by atoms with E-state index in [1.165, 1.54) is 35.2 Å². The number of halogens is 1. The van der Waals surface area contributed by atoms with Gasteiger partial charge in [0.2, 0.25) is 16.8 Å². The van der Waals surface area contributed by atoms with E-state index < -0.39 is 0 Å². The third-order valence-corrected chi connectivity index (χ3v) is 4.52. The Bertz CT molecular complexity index is 773. The highest BCUT2D eigenvalue weighted by Gasteiger charge is 2.13. The second-order valence-electron chi connectivity index (χ2n) is 4.17. The van der Waals surface area contributed by atoms with Gasteiger partial charge in [0.15, 0.2) is 4.34 Å². The van der Waals surface area contributed by atoms with Gasteiger partial charge in [0.25, 0.3) is 0 Å². The SMILES string of the molecule is Cc1ccc(F)cc1-c1noc(CSc2nnc(N)s2)n1. The Morgan fingerprint density at radius 2 is 2.24 bits per heavy atom. The van der Waals surface area contributed by atoms with Crippen molar-refractivity contribution in [3.63, 3.8) is 0 Å². The number of aryl methyl sites for hydroxylation is 1. The smallest absolute Gasteiger partial charge is 0.237 e. The van der Waals surface area contributed by atoms with Crippen LogP contribution in [-0.4, -0.2) is 20.3 Å². The van der Waals surface area contributed by atoms with Gasteiger partial charge in [-0.15, -0.1) is 10.2 Å². The number of benzene rings is 1. The zero-order chi connectivity index (χ0) is 14.8. The topological polar surface area (TPSA) is 90.7 Å². The summed E-state index contributed by atoms with van der Waals surface area (Å²) in [6, 6.07) is 4.47. The van der Waals surface area contributed by atoms with Crippen molar-refractivity contribution < 1.29 is 8.91 Å². The van der Waals surface area contributed by atoms with E-state index in [9.17, 15) is 4.39 Å². The normalized spacial score (nSPS) is 11.0. The number of hydrogen-bond donors (Lipinski definition) is 1. The second-order valence-corrected chi connectivity index (χ2v) is 6.40. The summed E-state index contributed by atoms with van der Waals surface area (Å²) in [4.78, 5) is 4.26. The lowest BCUT2D eigenvalue weighted by Crippen LogP contribution is -1.88. The van der Waals surface area contributed by atoms with Crippen LogP contribution in [0.25, 0.3) is 11.4 Å². The van der Waals surface area contributed by atoms with Crippen molar-refractivity contribution in [3.8, 4) is 11.4 Å². The molecule has 2 N–H and O–H groups in total. The molecule has 0 spiro atoms. The van der Waals surface area contributed by atoms with Crippen LogP contribution in [0.4, 0.5) is 9.52 Å². The van der Waals surface area contributed by atoms with Crippen LogP contribution in [-0.2, 0) is 5.75 Å². The highest BCUT2D eigenvalue weighted by molar-refractivity contribution is 8.00. The first-order valence-corrected chi connectivity index (χ1v) is 7.73. The Labute approximate surface area is 127 Å². The zero-order valence-electron chi connectivity index (χ0n) is 10.9. The summed E-state index contributed by atoms with van der Waals surface area (Å²) >= 11 is 2.70. The fourth-order valence-electron chi connectivity index (χ4n) is 1.66. The van der Waals surface area contributed by atoms with Crippen LogP contribution in [0.15, 0.2) is 27.1 Å². The molecule has 2 heterocycles. The first-order chi connectivity index (χ1) is 10.1. The summed E-state index contributed by atoms with van der Waals surface area (Å²) in [6.07, 6.45) is 0. The third-order valence-electron chi connectivity index (χ3n) is 2.65. The van der Waals surface area contributed by atoms with Gasteiger partial charge < -0.3 is 10.3 Å². The molecule has 0 aliphatic carbocycles. The predicted octanol–water partition coefficient (Wildman–Crippen LogP) is 2.91. The molecule has 21 heavy (non-hydrogen) atoms. The van der Waals surface area contributed by atoms with E-state index in [4.69, 9.17) is 10.3 Å². The molecule has 0 bridgehead atoms. The van der Waals surface area contributed by atoms with E-state index in [2.05, 4.69) is 20.3 Å². The standard InChI is InChI=1S/C12H10FN5OS2/c1-6-2-3-7(13)4-8(6)10-15-9(19-18-10)5-20-12-17-16-11(14)21-12/h2-4H,5H2,1H3,(H2,14,16). The maximum absolute atomic E-state index is 13.3. The van der Waals surface area contributed by atoms with E-state index in [1.807, 2.05) is 6.92 Å². The summed E-state index contributed by atoms with van der Waals surface area (Å²) < 4.78 is 19.2. The van der Waals surface area contributed by atoms with Crippen LogP contribution in [0.2, 0.25) is 0 Å². The third kappa shape index (κ3) is 3.19. The molecule has 3 aromatic rings. The number of nitrogen functional groups attached to an aromatic ring is 1. The molecule has 108 valence electrons. The highest BCUT2D eigenvalue weighted by atomic mass is 32.2. The number of aromatic nitrogens is 4. The summed E-state index contributed by atoms with van der Waals surface area (Å²) in [5, 5.41) is 11.9. The molecule has 0 fully saturated rings. The zero-order valence-corrected chi connectivity index (χ0v) is 12.5. The molecular weight excluding hydrogens is 313 g/mol. The summed E-state index contributed by atoms with van der Waals surface area (Å²) in [7, 11) is 0. The van der Waals surface area contributed by atoms with Gasteiger partial charge in [-0.1, -0.05) is 34.3 Å². The molecule has 0 amide bonds. The molecule has 6 nitrogen and oxygen atoms in total. The van der Waals surface area contributed by atoms with Crippen LogP contribution < -0.4 is 5.73 Å². The first-order valence-electron chi connectivity index (χ1n) is 5.93. The Kier molecular flexibility index (Phi) is 3.84. The summed E-state index contributed by atoms with van der Waals surface area (Å²) in [5.74, 6) is 0.934. The molecule has 0 saturated heterocycles. The van der Waals surface area contributed by atoms with Gasteiger partial charge in [-0.2, -0.15) is 4.98 Å². The Balaban J connectivity index is 1.75. The minimum atomic E-state index is -0.333. The van der Waals surface area contributed by atoms with E-state index in [1.54, 1.807) is 6.07 Å².